The number of anilines is 1. The van der Waals surface area contributed by atoms with Crippen molar-refractivity contribution >= 4 is 23.1 Å². The highest BCUT2D eigenvalue weighted by Gasteiger charge is 2.33. The molecule has 1 saturated heterocycles. The number of urea groups is 1. The molecule has 1 aliphatic heterocycles. The van der Waals surface area contributed by atoms with E-state index in [1.165, 1.54) is 0 Å². The summed E-state index contributed by atoms with van der Waals surface area (Å²) in [6, 6.07) is 1.60. The van der Waals surface area contributed by atoms with Gasteiger partial charge in [0.2, 0.25) is 0 Å². The number of aryl methyl sites for hydroxylation is 1. The molecule has 2 aromatic rings. The Bertz CT molecular complexity index is 581. The molecule has 0 saturated carbocycles. The van der Waals surface area contributed by atoms with Gasteiger partial charge in [0.15, 0.2) is 0 Å². The van der Waals surface area contributed by atoms with Gasteiger partial charge in [-0.05, 0) is 17.9 Å². The van der Waals surface area contributed by atoms with Crippen molar-refractivity contribution in [1.82, 2.24) is 14.9 Å². The molecule has 0 bridgehead atoms. The number of thiophene rings is 1. The smallest absolute Gasteiger partial charge is 0.319 e. The van der Waals surface area contributed by atoms with Crippen molar-refractivity contribution in [3.05, 3.63) is 35.0 Å². The molecule has 0 aliphatic carbocycles. The normalized spacial score (nSPS) is 21.9. The van der Waals surface area contributed by atoms with Crippen LogP contribution in [0.1, 0.15) is 18.3 Å². The Morgan fingerprint density at radius 3 is 3.20 bits per heavy atom. The quantitative estimate of drug-likeness (QED) is 0.910. The minimum absolute atomic E-state index is 0.0604. The van der Waals surface area contributed by atoms with Gasteiger partial charge in [0.05, 0.1) is 11.7 Å². The fourth-order valence-electron chi connectivity index (χ4n) is 2.31. The van der Waals surface area contributed by atoms with E-state index in [0.29, 0.717) is 6.61 Å². The number of carbonyl (C=O) groups excluding carboxylic acids is 1. The van der Waals surface area contributed by atoms with Gasteiger partial charge in [0.25, 0.3) is 0 Å². The molecular formula is C13H16N4O2S. The molecule has 0 radical (unpaired) electrons. The van der Waals surface area contributed by atoms with Crippen molar-refractivity contribution in [3.8, 4) is 0 Å². The fourth-order valence-corrected chi connectivity index (χ4v) is 2.90. The summed E-state index contributed by atoms with van der Waals surface area (Å²) < 4.78 is 7.62. The van der Waals surface area contributed by atoms with Crippen LogP contribution in [-0.2, 0) is 11.8 Å². The van der Waals surface area contributed by atoms with Gasteiger partial charge < -0.3 is 19.9 Å². The Kier molecular flexibility index (Phi) is 3.70. The number of imidazole rings is 1. The molecular weight excluding hydrogens is 276 g/mol. The first-order valence-electron chi connectivity index (χ1n) is 6.42. The molecule has 0 spiro atoms. The molecule has 106 valence electrons. The monoisotopic (exact) mass is 292 g/mol. The van der Waals surface area contributed by atoms with E-state index >= 15 is 0 Å². The number of rotatable bonds is 3. The molecule has 2 atom stereocenters. The van der Waals surface area contributed by atoms with Crippen LogP contribution in [0.4, 0.5) is 10.5 Å². The van der Waals surface area contributed by atoms with Crippen molar-refractivity contribution in [3.63, 3.8) is 0 Å². The number of hydrogen-bond donors (Lipinski definition) is 2. The summed E-state index contributed by atoms with van der Waals surface area (Å²) in [7, 11) is 1.92. The highest BCUT2D eigenvalue weighted by atomic mass is 32.1. The van der Waals surface area contributed by atoms with E-state index in [9.17, 15) is 4.79 Å². The van der Waals surface area contributed by atoms with E-state index in [1.807, 2.05) is 34.6 Å². The van der Waals surface area contributed by atoms with E-state index in [2.05, 4.69) is 15.6 Å². The maximum Gasteiger partial charge on any atom is 0.319 e. The van der Waals surface area contributed by atoms with Crippen LogP contribution >= 0.6 is 11.3 Å². The van der Waals surface area contributed by atoms with Crippen molar-refractivity contribution in [2.24, 2.45) is 7.05 Å². The zero-order chi connectivity index (χ0) is 13.9. The molecule has 20 heavy (non-hydrogen) atoms. The van der Waals surface area contributed by atoms with Crippen LogP contribution in [0.15, 0.2) is 29.2 Å². The minimum atomic E-state index is -0.210. The predicted octanol–water partition coefficient (Wildman–Crippen LogP) is 2.13. The van der Waals surface area contributed by atoms with Gasteiger partial charge >= 0.3 is 6.03 Å². The molecule has 3 heterocycles. The van der Waals surface area contributed by atoms with Crippen molar-refractivity contribution < 1.29 is 9.53 Å². The topological polar surface area (TPSA) is 68.2 Å². The molecule has 2 aromatic heterocycles. The largest absolute Gasteiger partial charge is 0.368 e. The molecule has 1 aliphatic rings. The summed E-state index contributed by atoms with van der Waals surface area (Å²) in [5.74, 6) is 0.836. The molecule has 6 nitrogen and oxygen atoms in total. The number of aromatic nitrogens is 2. The molecule has 7 heteroatoms. The van der Waals surface area contributed by atoms with Gasteiger partial charge in [0.1, 0.15) is 11.9 Å². The third-order valence-corrected chi connectivity index (χ3v) is 3.98. The highest BCUT2D eigenvalue weighted by molar-refractivity contribution is 7.08. The Labute approximate surface area is 120 Å². The summed E-state index contributed by atoms with van der Waals surface area (Å²) in [6.45, 7) is 0.626. The van der Waals surface area contributed by atoms with Crippen LogP contribution in [0.25, 0.3) is 0 Å². The maximum absolute atomic E-state index is 12.0. The number of carbonyl (C=O) groups is 1. The van der Waals surface area contributed by atoms with E-state index in [1.54, 1.807) is 17.5 Å². The first-order chi connectivity index (χ1) is 9.74. The van der Waals surface area contributed by atoms with Crippen molar-refractivity contribution in [1.29, 1.82) is 0 Å². The molecule has 2 N–H and O–H groups in total. The summed E-state index contributed by atoms with van der Waals surface area (Å²) in [5.41, 5.74) is 0.806. The standard InChI is InChI=1S/C13H16N4O2S/c1-17-5-4-14-12(17)11-10(2-6-19-11)16-13(18)15-9-3-7-20-8-9/h3-5,7-8,10-11H,2,6H2,1H3,(H2,15,16,18)/t10-,11-/m0/s1. The number of nitrogens with zero attached hydrogens (tertiary/aromatic N) is 2. The predicted molar refractivity (Wildman–Crippen MR) is 76.8 cm³/mol. The lowest BCUT2D eigenvalue weighted by atomic mass is 10.1. The van der Waals surface area contributed by atoms with Crippen LogP contribution in [0.3, 0.4) is 0 Å². The first kappa shape index (κ1) is 13.1. The minimum Gasteiger partial charge on any atom is -0.368 e. The third kappa shape index (κ3) is 2.68. The number of hydrogen-bond acceptors (Lipinski definition) is 4. The SMILES string of the molecule is Cn1ccnc1[C@H]1OCC[C@@H]1NC(=O)Nc1ccsc1. The number of nitrogens with one attached hydrogen (secondary N) is 2. The summed E-state index contributed by atoms with van der Waals surface area (Å²) >= 11 is 1.54. The van der Waals surface area contributed by atoms with Crippen LogP contribution in [-0.4, -0.2) is 28.2 Å². The second-order valence-corrected chi connectivity index (χ2v) is 5.47. The van der Waals surface area contributed by atoms with Crippen LogP contribution in [0.2, 0.25) is 0 Å². The molecule has 0 aromatic carbocycles. The second kappa shape index (κ2) is 5.64. The zero-order valence-electron chi connectivity index (χ0n) is 11.1. The van der Waals surface area contributed by atoms with Gasteiger partial charge in [-0.2, -0.15) is 11.3 Å². The highest BCUT2D eigenvalue weighted by Crippen LogP contribution is 2.27. The Balaban J connectivity index is 1.64. The Morgan fingerprint density at radius 1 is 1.60 bits per heavy atom. The zero-order valence-corrected chi connectivity index (χ0v) is 11.9. The summed E-state index contributed by atoms with van der Waals surface area (Å²) in [5, 5.41) is 9.58. The second-order valence-electron chi connectivity index (χ2n) is 4.69. The molecule has 1 fully saturated rings. The number of amides is 2. The van der Waals surface area contributed by atoms with Gasteiger partial charge in [-0.3, -0.25) is 0 Å². The lowest BCUT2D eigenvalue weighted by Crippen LogP contribution is -2.40. The fraction of sp³-hybridized carbons (Fsp3) is 0.385. The lowest BCUT2D eigenvalue weighted by Gasteiger charge is -2.19. The van der Waals surface area contributed by atoms with Crippen molar-refractivity contribution in [2.45, 2.75) is 18.6 Å². The van der Waals surface area contributed by atoms with Crippen molar-refractivity contribution in [2.75, 3.05) is 11.9 Å². The third-order valence-electron chi connectivity index (χ3n) is 3.30. The lowest BCUT2D eigenvalue weighted by molar-refractivity contribution is 0.0913. The van der Waals surface area contributed by atoms with Gasteiger partial charge in [-0.1, -0.05) is 0 Å². The number of ether oxygens (including phenoxy) is 1. The van der Waals surface area contributed by atoms with E-state index in [-0.39, 0.29) is 18.2 Å². The van der Waals surface area contributed by atoms with E-state index in [0.717, 1.165) is 17.9 Å². The van der Waals surface area contributed by atoms with Crippen LogP contribution in [0, 0.1) is 0 Å². The van der Waals surface area contributed by atoms with Gasteiger partial charge in [-0.25, -0.2) is 9.78 Å². The van der Waals surface area contributed by atoms with Crippen LogP contribution < -0.4 is 10.6 Å². The van der Waals surface area contributed by atoms with Gasteiger partial charge in [0, 0.05) is 31.4 Å². The van der Waals surface area contributed by atoms with Crippen LogP contribution in [0.5, 0.6) is 0 Å². The maximum atomic E-state index is 12.0. The van der Waals surface area contributed by atoms with E-state index in [4.69, 9.17) is 4.74 Å². The Hall–Kier alpha value is -1.86. The average Bonchev–Trinajstić information content (AvgIpc) is 3.11. The van der Waals surface area contributed by atoms with Gasteiger partial charge in [-0.15, -0.1) is 0 Å². The summed E-state index contributed by atoms with van der Waals surface area (Å²) in [4.78, 5) is 16.3. The molecule has 3 rings (SSSR count). The summed E-state index contributed by atoms with van der Waals surface area (Å²) in [6.07, 6.45) is 4.20. The van der Waals surface area contributed by atoms with E-state index < -0.39 is 0 Å². The Morgan fingerprint density at radius 2 is 2.50 bits per heavy atom. The molecule has 2 amide bonds. The average molecular weight is 292 g/mol. The first-order valence-corrected chi connectivity index (χ1v) is 7.37. The molecule has 0 unspecified atom stereocenters.